The number of hydrogen-bond acceptors (Lipinski definition) is 2. The predicted molar refractivity (Wildman–Crippen MR) is 77.8 cm³/mol. The Morgan fingerprint density at radius 2 is 2.05 bits per heavy atom. The van der Waals surface area contributed by atoms with Crippen LogP contribution in [0.25, 0.3) is 0 Å². The maximum absolute atomic E-state index is 12.6. The van der Waals surface area contributed by atoms with Gasteiger partial charge < -0.3 is 4.90 Å². The van der Waals surface area contributed by atoms with Gasteiger partial charge in [-0.3, -0.25) is 9.48 Å². The number of nitrogens with zero attached hydrogens (tertiary/aromatic N) is 3. The van der Waals surface area contributed by atoms with Gasteiger partial charge in [0, 0.05) is 12.2 Å². The molecule has 1 aliphatic rings. The van der Waals surface area contributed by atoms with Crippen molar-refractivity contribution in [2.24, 2.45) is 0 Å². The molecule has 4 nitrogen and oxygen atoms in total. The summed E-state index contributed by atoms with van der Waals surface area (Å²) in [6.45, 7) is 0.0414. The van der Waals surface area contributed by atoms with E-state index in [9.17, 15) is 13.6 Å². The van der Waals surface area contributed by atoms with E-state index in [0.717, 1.165) is 18.4 Å². The maximum atomic E-state index is 12.6. The van der Waals surface area contributed by atoms with Crippen LogP contribution in [0.3, 0.4) is 0 Å². The Morgan fingerprint density at radius 3 is 2.68 bits per heavy atom. The number of benzene rings is 1. The summed E-state index contributed by atoms with van der Waals surface area (Å²) in [5, 5.41) is 4.16. The lowest BCUT2D eigenvalue weighted by molar-refractivity contribution is 0.0534. The molecular weight excluding hydrogens is 288 g/mol. The molecule has 1 saturated carbocycles. The first-order valence-corrected chi connectivity index (χ1v) is 7.29. The van der Waals surface area contributed by atoms with Crippen molar-refractivity contribution in [1.82, 2.24) is 14.7 Å². The summed E-state index contributed by atoms with van der Waals surface area (Å²) >= 11 is 0. The van der Waals surface area contributed by atoms with E-state index in [1.165, 1.54) is 11.1 Å². The summed E-state index contributed by atoms with van der Waals surface area (Å²) in [7, 11) is 0. The van der Waals surface area contributed by atoms with Crippen molar-refractivity contribution in [2.75, 3.05) is 6.54 Å². The highest BCUT2D eigenvalue weighted by molar-refractivity contribution is 5.94. The van der Waals surface area contributed by atoms with E-state index < -0.39 is 13.0 Å². The third-order valence-corrected chi connectivity index (χ3v) is 3.65. The van der Waals surface area contributed by atoms with E-state index in [1.54, 1.807) is 10.9 Å². The Kier molecular flexibility index (Phi) is 4.18. The van der Waals surface area contributed by atoms with E-state index in [1.807, 2.05) is 30.3 Å². The monoisotopic (exact) mass is 305 g/mol. The number of carbonyl (C=O) groups excluding carboxylic acids is 1. The molecule has 0 atom stereocenters. The fourth-order valence-corrected chi connectivity index (χ4v) is 2.43. The standard InChI is InChI=1S/C16H17F2N3O/c17-15(18)11-21(14-6-7-14)16(22)13-8-19-20(10-13)9-12-4-2-1-3-5-12/h1-5,8,10,14-15H,6-7,9,11H2. The average molecular weight is 305 g/mol. The van der Waals surface area contributed by atoms with Gasteiger partial charge in [-0.1, -0.05) is 30.3 Å². The minimum atomic E-state index is -2.51. The molecule has 1 aromatic carbocycles. The van der Waals surface area contributed by atoms with Gasteiger partial charge in [0.1, 0.15) is 0 Å². The molecule has 0 unspecified atom stereocenters. The molecule has 0 aliphatic heterocycles. The molecule has 1 fully saturated rings. The highest BCUT2D eigenvalue weighted by Crippen LogP contribution is 2.28. The van der Waals surface area contributed by atoms with Crippen LogP contribution in [0, 0.1) is 0 Å². The SMILES string of the molecule is O=C(c1cnn(Cc2ccccc2)c1)N(CC(F)F)C1CC1. The molecule has 1 aliphatic carbocycles. The van der Waals surface area contributed by atoms with Crippen molar-refractivity contribution < 1.29 is 13.6 Å². The van der Waals surface area contributed by atoms with Crippen LogP contribution >= 0.6 is 0 Å². The summed E-state index contributed by atoms with van der Waals surface area (Å²) in [6, 6.07) is 9.69. The molecule has 1 amide bonds. The highest BCUT2D eigenvalue weighted by Gasteiger charge is 2.35. The van der Waals surface area contributed by atoms with E-state index in [-0.39, 0.29) is 11.9 Å². The van der Waals surface area contributed by atoms with Crippen LogP contribution in [0.15, 0.2) is 42.7 Å². The molecule has 116 valence electrons. The highest BCUT2D eigenvalue weighted by atomic mass is 19.3. The van der Waals surface area contributed by atoms with E-state index in [4.69, 9.17) is 0 Å². The maximum Gasteiger partial charge on any atom is 0.257 e. The zero-order valence-corrected chi connectivity index (χ0v) is 12.0. The second-order valence-electron chi connectivity index (χ2n) is 5.49. The summed E-state index contributed by atoms with van der Waals surface area (Å²) in [6.07, 6.45) is 2.17. The summed E-state index contributed by atoms with van der Waals surface area (Å²) < 4.78 is 26.9. The van der Waals surface area contributed by atoms with Crippen molar-refractivity contribution in [3.05, 3.63) is 53.9 Å². The molecule has 2 aromatic rings. The third kappa shape index (κ3) is 3.50. The minimum absolute atomic E-state index is 0.0426. The number of carbonyl (C=O) groups is 1. The van der Waals surface area contributed by atoms with Crippen LogP contribution in [0.5, 0.6) is 0 Å². The largest absolute Gasteiger partial charge is 0.330 e. The lowest BCUT2D eigenvalue weighted by Gasteiger charge is -2.21. The zero-order chi connectivity index (χ0) is 15.5. The quantitative estimate of drug-likeness (QED) is 0.823. The Bertz CT molecular complexity index is 638. The Morgan fingerprint density at radius 1 is 1.32 bits per heavy atom. The fraction of sp³-hybridized carbons (Fsp3) is 0.375. The van der Waals surface area contributed by atoms with E-state index in [0.29, 0.717) is 12.1 Å². The van der Waals surface area contributed by atoms with Gasteiger partial charge in [-0.15, -0.1) is 0 Å². The summed E-state index contributed by atoms with van der Waals surface area (Å²) in [5.41, 5.74) is 1.43. The van der Waals surface area contributed by atoms with Crippen molar-refractivity contribution in [3.8, 4) is 0 Å². The molecule has 0 radical (unpaired) electrons. The average Bonchev–Trinajstić information content (AvgIpc) is 3.24. The number of amides is 1. The Hall–Kier alpha value is -2.24. The molecule has 3 rings (SSSR count). The lowest BCUT2D eigenvalue weighted by atomic mass is 10.2. The van der Waals surface area contributed by atoms with Crippen LogP contribution in [0.1, 0.15) is 28.8 Å². The molecule has 0 saturated heterocycles. The Balaban J connectivity index is 1.70. The normalized spacial score (nSPS) is 14.3. The first-order valence-electron chi connectivity index (χ1n) is 7.29. The van der Waals surface area contributed by atoms with Crippen molar-refractivity contribution >= 4 is 5.91 Å². The number of halogens is 2. The van der Waals surface area contributed by atoms with Crippen molar-refractivity contribution in [2.45, 2.75) is 31.9 Å². The van der Waals surface area contributed by atoms with Crippen LogP contribution < -0.4 is 0 Å². The molecular formula is C16H17F2N3O. The minimum Gasteiger partial charge on any atom is -0.330 e. The number of alkyl halides is 2. The fourth-order valence-electron chi connectivity index (χ4n) is 2.43. The smallest absolute Gasteiger partial charge is 0.257 e. The molecule has 22 heavy (non-hydrogen) atoms. The van der Waals surface area contributed by atoms with Gasteiger partial charge in [-0.2, -0.15) is 5.10 Å². The van der Waals surface area contributed by atoms with Gasteiger partial charge in [0.2, 0.25) is 0 Å². The molecule has 6 heteroatoms. The first-order chi connectivity index (χ1) is 10.6. The van der Waals surface area contributed by atoms with Crippen molar-refractivity contribution in [1.29, 1.82) is 0 Å². The third-order valence-electron chi connectivity index (χ3n) is 3.65. The van der Waals surface area contributed by atoms with Gasteiger partial charge in [0.25, 0.3) is 12.3 Å². The van der Waals surface area contributed by atoms with Crippen LogP contribution in [-0.2, 0) is 6.54 Å². The molecule has 0 spiro atoms. The second-order valence-corrected chi connectivity index (χ2v) is 5.49. The molecule has 0 bridgehead atoms. The number of rotatable bonds is 6. The Labute approximate surface area is 127 Å². The van der Waals surface area contributed by atoms with Gasteiger partial charge >= 0.3 is 0 Å². The van der Waals surface area contributed by atoms with Crippen molar-refractivity contribution in [3.63, 3.8) is 0 Å². The molecule has 1 aromatic heterocycles. The topological polar surface area (TPSA) is 38.1 Å². The van der Waals surface area contributed by atoms with E-state index >= 15 is 0 Å². The van der Waals surface area contributed by atoms with Gasteiger partial charge in [0.15, 0.2) is 0 Å². The predicted octanol–water partition coefficient (Wildman–Crippen LogP) is 2.80. The second kappa shape index (κ2) is 6.25. The number of aromatic nitrogens is 2. The van der Waals surface area contributed by atoms with Crippen LogP contribution in [0.2, 0.25) is 0 Å². The zero-order valence-electron chi connectivity index (χ0n) is 12.0. The first kappa shape index (κ1) is 14.7. The summed E-state index contributed by atoms with van der Waals surface area (Å²) in [4.78, 5) is 13.6. The lowest BCUT2D eigenvalue weighted by Crippen LogP contribution is -2.36. The van der Waals surface area contributed by atoms with Crippen LogP contribution in [-0.4, -0.2) is 39.6 Å². The van der Waals surface area contributed by atoms with Gasteiger partial charge in [-0.05, 0) is 18.4 Å². The van der Waals surface area contributed by atoms with Gasteiger partial charge in [0.05, 0.1) is 24.8 Å². The van der Waals surface area contributed by atoms with E-state index in [2.05, 4.69) is 5.10 Å². The van der Waals surface area contributed by atoms with Crippen LogP contribution in [0.4, 0.5) is 8.78 Å². The molecule has 1 heterocycles. The molecule has 0 N–H and O–H groups in total. The summed E-state index contributed by atoms with van der Waals surface area (Å²) in [5.74, 6) is -0.359. The van der Waals surface area contributed by atoms with Gasteiger partial charge in [-0.25, -0.2) is 8.78 Å². The number of hydrogen-bond donors (Lipinski definition) is 0.